The molecule has 11 nitrogen and oxygen atoms in total. The predicted molar refractivity (Wildman–Crippen MR) is 110 cm³/mol. The summed E-state index contributed by atoms with van der Waals surface area (Å²) in [6, 6.07) is 1.59. The summed E-state index contributed by atoms with van der Waals surface area (Å²) < 4.78 is 19.7. The number of nitrogens with one attached hydrogen (secondary N) is 1. The minimum absolute atomic E-state index is 0.0581. The van der Waals surface area contributed by atoms with Crippen LogP contribution < -0.4 is 5.56 Å². The predicted octanol–water partition coefficient (Wildman–Crippen LogP) is 1.22. The van der Waals surface area contributed by atoms with E-state index in [9.17, 15) is 24.0 Å². The Bertz CT molecular complexity index is 947. The van der Waals surface area contributed by atoms with Gasteiger partial charge in [-0.15, -0.1) is 0 Å². The van der Waals surface area contributed by atoms with Crippen molar-refractivity contribution >= 4 is 24.0 Å². The molecule has 0 aliphatic carbocycles. The van der Waals surface area contributed by atoms with Crippen LogP contribution in [0, 0.1) is 5.92 Å². The molecule has 0 unspecified atom stereocenters. The Balaban J connectivity index is 2.55. The number of hydrogen-bond acceptors (Lipinski definition) is 9. The topological polar surface area (TPSA) is 141 Å². The summed E-state index contributed by atoms with van der Waals surface area (Å²) >= 11 is 0. The number of pyridine rings is 1. The summed E-state index contributed by atoms with van der Waals surface area (Å²) in [6.45, 7) is 4.94. The first-order valence-electron chi connectivity index (χ1n) is 9.89. The summed E-state index contributed by atoms with van der Waals surface area (Å²) in [5.41, 5.74) is -1.32. The van der Waals surface area contributed by atoms with Gasteiger partial charge in [0.2, 0.25) is 0 Å². The number of carbonyl (C=O) groups is 4. The van der Waals surface area contributed by atoms with Gasteiger partial charge in [0.15, 0.2) is 0 Å². The largest absolute Gasteiger partial charge is 0.469 e. The van der Waals surface area contributed by atoms with Crippen LogP contribution in [0.5, 0.6) is 0 Å². The van der Waals surface area contributed by atoms with Gasteiger partial charge in [0.25, 0.3) is 5.56 Å². The first-order valence-corrected chi connectivity index (χ1v) is 9.89. The summed E-state index contributed by atoms with van der Waals surface area (Å²) in [5, 5.41) is 0. The SMILES string of the molecule is COC(=O)C[C@H]1[C@@H](c2ccc(C(=O)OC)[nH]c2=O)CN(C(=O)OC(C)(C)C)[C@@H]1C(=O)OC. The van der Waals surface area contributed by atoms with E-state index < -0.39 is 53.0 Å². The minimum atomic E-state index is -1.18. The van der Waals surface area contributed by atoms with E-state index in [1.54, 1.807) is 20.8 Å². The Morgan fingerprint density at radius 1 is 1.06 bits per heavy atom. The van der Waals surface area contributed by atoms with Crippen molar-refractivity contribution in [3.63, 3.8) is 0 Å². The molecule has 2 heterocycles. The van der Waals surface area contributed by atoms with E-state index in [4.69, 9.17) is 14.2 Å². The number of H-pyrrole nitrogens is 1. The van der Waals surface area contributed by atoms with Crippen LogP contribution in [-0.2, 0) is 28.5 Å². The highest BCUT2D eigenvalue weighted by Gasteiger charge is 2.51. The molecule has 1 aromatic rings. The number of rotatable bonds is 5. The number of hydrogen-bond donors (Lipinski definition) is 1. The molecule has 32 heavy (non-hydrogen) atoms. The van der Waals surface area contributed by atoms with Crippen LogP contribution in [0.3, 0.4) is 0 Å². The lowest BCUT2D eigenvalue weighted by Gasteiger charge is -2.28. The van der Waals surface area contributed by atoms with Gasteiger partial charge in [0, 0.05) is 23.9 Å². The quantitative estimate of drug-likeness (QED) is 0.515. The first-order chi connectivity index (χ1) is 14.9. The Hall–Kier alpha value is -3.37. The smallest absolute Gasteiger partial charge is 0.411 e. The van der Waals surface area contributed by atoms with Crippen LogP contribution in [0.25, 0.3) is 0 Å². The third kappa shape index (κ3) is 5.45. The summed E-state index contributed by atoms with van der Waals surface area (Å²) in [4.78, 5) is 65.7. The number of esters is 3. The van der Waals surface area contributed by atoms with Gasteiger partial charge in [-0.1, -0.05) is 6.07 Å². The molecular weight excluding hydrogens is 424 g/mol. The van der Waals surface area contributed by atoms with E-state index in [1.165, 1.54) is 26.4 Å². The highest BCUT2D eigenvalue weighted by atomic mass is 16.6. The Morgan fingerprint density at radius 3 is 2.22 bits per heavy atom. The molecule has 176 valence electrons. The normalized spacial score (nSPS) is 20.4. The van der Waals surface area contributed by atoms with Crippen molar-refractivity contribution in [3.8, 4) is 0 Å². The van der Waals surface area contributed by atoms with Gasteiger partial charge in [-0.25, -0.2) is 14.4 Å². The lowest BCUT2D eigenvalue weighted by molar-refractivity contribution is -0.148. The lowest BCUT2D eigenvalue weighted by atomic mass is 9.83. The van der Waals surface area contributed by atoms with Gasteiger partial charge in [0.1, 0.15) is 17.3 Å². The maximum Gasteiger partial charge on any atom is 0.411 e. The fourth-order valence-electron chi connectivity index (χ4n) is 3.71. The molecular formula is C21H28N2O9. The second-order valence-corrected chi connectivity index (χ2v) is 8.30. The number of ether oxygens (including phenoxy) is 4. The summed E-state index contributed by atoms with van der Waals surface area (Å²) in [5.74, 6) is -3.67. The molecule has 1 aliphatic heterocycles. The lowest BCUT2D eigenvalue weighted by Crippen LogP contribution is -2.46. The molecule has 1 amide bonds. The second-order valence-electron chi connectivity index (χ2n) is 8.30. The van der Waals surface area contributed by atoms with E-state index in [1.807, 2.05) is 0 Å². The molecule has 1 aromatic heterocycles. The van der Waals surface area contributed by atoms with Crippen molar-refractivity contribution in [2.45, 2.75) is 44.8 Å². The maximum absolute atomic E-state index is 12.9. The molecule has 1 fully saturated rings. The van der Waals surface area contributed by atoms with Gasteiger partial charge >= 0.3 is 24.0 Å². The fourth-order valence-corrected chi connectivity index (χ4v) is 3.71. The third-order valence-electron chi connectivity index (χ3n) is 5.10. The molecule has 0 radical (unpaired) electrons. The first kappa shape index (κ1) is 24.9. The zero-order valence-corrected chi connectivity index (χ0v) is 18.9. The fraction of sp³-hybridized carbons (Fsp3) is 0.571. The number of aromatic nitrogens is 1. The van der Waals surface area contributed by atoms with Gasteiger partial charge in [-0.05, 0) is 26.8 Å². The molecule has 1 aliphatic rings. The standard InChI is InChI=1S/C21H28N2O9/c1-21(2,3)32-20(28)23-10-13(11-7-8-14(18(26)30-5)22-17(11)25)12(9-15(24)29-4)16(23)19(27)31-6/h7-8,12-13,16H,9-10H2,1-6H3,(H,22,25)/t12-,13+,16-/m0/s1. The van der Waals surface area contributed by atoms with Crippen molar-refractivity contribution in [1.29, 1.82) is 0 Å². The van der Waals surface area contributed by atoms with Crippen LogP contribution in [-0.4, -0.2) is 73.4 Å². The van der Waals surface area contributed by atoms with Crippen molar-refractivity contribution in [1.82, 2.24) is 9.88 Å². The molecule has 0 bridgehead atoms. The minimum Gasteiger partial charge on any atom is -0.469 e. The van der Waals surface area contributed by atoms with Gasteiger partial charge in [0.05, 0.1) is 27.8 Å². The number of methoxy groups -OCH3 is 3. The van der Waals surface area contributed by atoms with E-state index in [0.717, 1.165) is 12.0 Å². The average Bonchev–Trinajstić information content (AvgIpc) is 3.10. The Morgan fingerprint density at radius 2 is 1.72 bits per heavy atom. The van der Waals surface area contributed by atoms with Crippen LogP contribution >= 0.6 is 0 Å². The Labute approximate surface area is 185 Å². The van der Waals surface area contributed by atoms with E-state index >= 15 is 0 Å². The Kier molecular flexibility index (Phi) is 7.65. The molecule has 0 aromatic carbocycles. The van der Waals surface area contributed by atoms with Gasteiger partial charge in [-0.3, -0.25) is 14.5 Å². The number of nitrogens with zero attached hydrogens (tertiary/aromatic N) is 1. The molecule has 0 saturated carbocycles. The zero-order chi connectivity index (χ0) is 24.2. The van der Waals surface area contributed by atoms with E-state index in [2.05, 4.69) is 9.72 Å². The highest BCUT2D eigenvalue weighted by Crippen LogP contribution is 2.40. The van der Waals surface area contributed by atoms with E-state index in [-0.39, 0.29) is 24.2 Å². The number of likely N-dealkylation sites (tertiary alicyclic amines) is 1. The van der Waals surface area contributed by atoms with Crippen LogP contribution in [0.1, 0.15) is 49.2 Å². The molecule has 2 rings (SSSR count). The number of aromatic amines is 1. The van der Waals surface area contributed by atoms with Crippen molar-refractivity contribution < 1.29 is 38.1 Å². The van der Waals surface area contributed by atoms with Gasteiger partial charge < -0.3 is 23.9 Å². The van der Waals surface area contributed by atoms with Crippen LogP contribution in [0.15, 0.2) is 16.9 Å². The van der Waals surface area contributed by atoms with Crippen molar-refractivity contribution in [3.05, 3.63) is 33.7 Å². The van der Waals surface area contributed by atoms with Crippen LogP contribution in [0.2, 0.25) is 0 Å². The molecule has 11 heteroatoms. The molecule has 3 atom stereocenters. The maximum atomic E-state index is 12.9. The average molecular weight is 452 g/mol. The monoisotopic (exact) mass is 452 g/mol. The number of amides is 1. The molecule has 1 N–H and O–H groups in total. The van der Waals surface area contributed by atoms with Crippen molar-refractivity contribution in [2.24, 2.45) is 5.92 Å². The zero-order valence-electron chi connectivity index (χ0n) is 18.9. The van der Waals surface area contributed by atoms with Gasteiger partial charge in [-0.2, -0.15) is 0 Å². The summed E-state index contributed by atoms with van der Waals surface area (Å²) in [6.07, 6.45) is -1.04. The third-order valence-corrected chi connectivity index (χ3v) is 5.10. The summed E-state index contributed by atoms with van der Waals surface area (Å²) in [7, 11) is 3.54. The number of carbonyl (C=O) groups excluding carboxylic acids is 4. The molecule has 0 spiro atoms. The van der Waals surface area contributed by atoms with E-state index in [0.29, 0.717) is 0 Å². The molecule has 1 saturated heterocycles. The van der Waals surface area contributed by atoms with Crippen LogP contribution in [0.4, 0.5) is 4.79 Å². The second kappa shape index (κ2) is 9.84. The highest BCUT2D eigenvalue weighted by molar-refractivity contribution is 5.87. The van der Waals surface area contributed by atoms with Crippen molar-refractivity contribution in [2.75, 3.05) is 27.9 Å².